The maximum absolute atomic E-state index is 12.6. The number of hydrogen-bond acceptors (Lipinski definition) is 2. The van der Waals surface area contributed by atoms with Gasteiger partial charge in [0, 0.05) is 19.8 Å². The van der Waals surface area contributed by atoms with Gasteiger partial charge in [-0.1, -0.05) is 0 Å². The number of carbonyl (C=O) groups excluding carboxylic acids is 1. The second-order valence-corrected chi connectivity index (χ2v) is 3.22. The largest absolute Gasteiger partial charge is 0.418 e. The lowest BCUT2D eigenvalue weighted by Crippen LogP contribution is -2.29. The molecule has 0 bridgehead atoms. The minimum absolute atomic E-state index is 0.326. The molecule has 6 heteroatoms. The van der Waals surface area contributed by atoms with Gasteiger partial charge in [0.15, 0.2) is 0 Å². The van der Waals surface area contributed by atoms with Crippen molar-refractivity contribution < 1.29 is 18.0 Å². The zero-order chi connectivity index (χ0) is 12.3. The Bertz CT molecular complexity index is 390. The van der Waals surface area contributed by atoms with Crippen LogP contribution in [-0.2, 0) is 6.18 Å². The molecule has 16 heavy (non-hydrogen) atoms. The van der Waals surface area contributed by atoms with Crippen molar-refractivity contribution in [1.82, 2.24) is 9.88 Å². The Morgan fingerprint density at radius 2 is 2.12 bits per heavy atom. The molecule has 0 spiro atoms. The van der Waals surface area contributed by atoms with Crippen molar-refractivity contribution in [2.45, 2.75) is 13.1 Å². The van der Waals surface area contributed by atoms with Crippen LogP contribution in [0.5, 0.6) is 0 Å². The van der Waals surface area contributed by atoms with Crippen LogP contribution in [0.1, 0.15) is 23.0 Å². The van der Waals surface area contributed by atoms with E-state index in [1.54, 1.807) is 6.92 Å². The van der Waals surface area contributed by atoms with Crippen molar-refractivity contribution in [2.24, 2.45) is 0 Å². The van der Waals surface area contributed by atoms with Crippen molar-refractivity contribution in [3.63, 3.8) is 0 Å². The highest BCUT2D eigenvalue weighted by atomic mass is 19.4. The lowest BCUT2D eigenvalue weighted by atomic mass is 10.1. The van der Waals surface area contributed by atoms with E-state index in [2.05, 4.69) is 4.98 Å². The third-order valence-electron chi connectivity index (χ3n) is 2.14. The molecule has 88 valence electrons. The summed E-state index contributed by atoms with van der Waals surface area (Å²) in [6.45, 7) is 2.00. The van der Waals surface area contributed by atoms with Crippen molar-refractivity contribution in [3.05, 3.63) is 29.6 Å². The predicted molar refractivity (Wildman–Crippen MR) is 51.9 cm³/mol. The molecule has 1 amide bonds. The van der Waals surface area contributed by atoms with Gasteiger partial charge in [-0.2, -0.15) is 13.2 Å². The topological polar surface area (TPSA) is 33.2 Å². The fourth-order valence-corrected chi connectivity index (χ4v) is 1.13. The standard InChI is InChI=1S/C10H11F3N2O/c1-3-15(2)9(16)8-7(10(11,12)13)5-4-6-14-8/h4-6H,3H2,1-2H3. The van der Waals surface area contributed by atoms with Gasteiger partial charge in [-0.25, -0.2) is 0 Å². The van der Waals surface area contributed by atoms with E-state index in [1.165, 1.54) is 18.1 Å². The van der Waals surface area contributed by atoms with Crippen LogP contribution in [0.3, 0.4) is 0 Å². The summed E-state index contributed by atoms with van der Waals surface area (Å²) in [5.41, 5.74) is -1.56. The van der Waals surface area contributed by atoms with Crippen molar-refractivity contribution in [2.75, 3.05) is 13.6 Å². The van der Waals surface area contributed by atoms with Crippen LogP contribution in [0.4, 0.5) is 13.2 Å². The molecule has 1 aromatic heterocycles. The van der Waals surface area contributed by atoms with E-state index < -0.39 is 23.3 Å². The number of pyridine rings is 1. The zero-order valence-corrected chi connectivity index (χ0v) is 8.88. The van der Waals surface area contributed by atoms with Gasteiger partial charge in [0.05, 0.1) is 5.56 Å². The lowest BCUT2D eigenvalue weighted by Gasteiger charge is -2.17. The summed E-state index contributed by atoms with van der Waals surface area (Å²) in [6, 6.07) is 2.01. The van der Waals surface area contributed by atoms with E-state index in [1.807, 2.05) is 0 Å². The molecule has 0 saturated carbocycles. The number of carbonyl (C=O) groups is 1. The first kappa shape index (κ1) is 12.5. The van der Waals surface area contributed by atoms with E-state index in [-0.39, 0.29) is 0 Å². The summed E-state index contributed by atoms with van der Waals surface area (Å²) in [6.07, 6.45) is -3.39. The summed E-state index contributed by atoms with van der Waals surface area (Å²) >= 11 is 0. The van der Waals surface area contributed by atoms with E-state index >= 15 is 0 Å². The molecule has 0 aliphatic rings. The highest BCUT2D eigenvalue weighted by molar-refractivity contribution is 5.93. The molecule has 0 aromatic carbocycles. The van der Waals surface area contributed by atoms with E-state index in [9.17, 15) is 18.0 Å². The van der Waals surface area contributed by atoms with Gasteiger partial charge in [0.25, 0.3) is 5.91 Å². The number of nitrogens with zero attached hydrogens (tertiary/aromatic N) is 2. The molecule has 0 radical (unpaired) electrons. The first-order valence-electron chi connectivity index (χ1n) is 4.65. The fourth-order valence-electron chi connectivity index (χ4n) is 1.13. The van der Waals surface area contributed by atoms with Gasteiger partial charge in [-0.05, 0) is 19.1 Å². The SMILES string of the molecule is CCN(C)C(=O)c1ncccc1C(F)(F)F. The van der Waals surface area contributed by atoms with Crippen LogP contribution in [0.15, 0.2) is 18.3 Å². The summed E-state index contributed by atoms with van der Waals surface area (Å²) in [5.74, 6) is -0.726. The normalized spacial score (nSPS) is 11.3. The summed E-state index contributed by atoms with van der Waals surface area (Å²) < 4.78 is 37.7. The van der Waals surface area contributed by atoms with Crippen LogP contribution in [-0.4, -0.2) is 29.4 Å². The van der Waals surface area contributed by atoms with Crippen LogP contribution in [0.25, 0.3) is 0 Å². The van der Waals surface area contributed by atoms with Crippen LogP contribution < -0.4 is 0 Å². The molecule has 0 aliphatic carbocycles. The maximum Gasteiger partial charge on any atom is 0.418 e. The lowest BCUT2D eigenvalue weighted by molar-refractivity contribution is -0.138. The summed E-state index contributed by atoms with van der Waals surface area (Å²) in [4.78, 5) is 16.3. The van der Waals surface area contributed by atoms with Crippen molar-refractivity contribution in [3.8, 4) is 0 Å². The third-order valence-corrected chi connectivity index (χ3v) is 2.14. The summed E-state index contributed by atoms with van der Waals surface area (Å²) in [7, 11) is 1.43. The van der Waals surface area contributed by atoms with E-state index in [0.29, 0.717) is 6.54 Å². The van der Waals surface area contributed by atoms with Gasteiger partial charge in [-0.3, -0.25) is 9.78 Å². The average Bonchev–Trinajstić information content (AvgIpc) is 2.26. The van der Waals surface area contributed by atoms with Gasteiger partial charge in [0.2, 0.25) is 0 Å². The van der Waals surface area contributed by atoms with Gasteiger partial charge < -0.3 is 4.90 Å². The van der Waals surface area contributed by atoms with E-state index in [4.69, 9.17) is 0 Å². The number of amides is 1. The van der Waals surface area contributed by atoms with Gasteiger partial charge >= 0.3 is 6.18 Å². The molecule has 0 aliphatic heterocycles. The molecule has 1 rings (SSSR count). The number of halogens is 3. The van der Waals surface area contributed by atoms with Gasteiger partial charge in [0.1, 0.15) is 5.69 Å². The Morgan fingerprint density at radius 3 is 2.62 bits per heavy atom. The number of aromatic nitrogens is 1. The zero-order valence-electron chi connectivity index (χ0n) is 8.88. The molecule has 0 unspecified atom stereocenters. The molecule has 0 saturated heterocycles. The Labute approximate surface area is 90.9 Å². The molecule has 3 nitrogen and oxygen atoms in total. The second-order valence-electron chi connectivity index (χ2n) is 3.22. The first-order chi connectivity index (χ1) is 7.38. The monoisotopic (exact) mass is 232 g/mol. The highest BCUT2D eigenvalue weighted by Gasteiger charge is 2.36. The summed E-state index contributed by atoms with van der Waals surface area (Å²) in [5, 5.41) is 0. The average molecular weight is 232 g/mol. The highest BCUT2D eigenvalue weighted by Crippen LogP contribution is 2.31. The number of alkyl halides is 3. The molecular weight excluding hydrogens is 221 g/mol. The predicted octanol–water partition coefficient (Wildman–Crippen LogP) is 2.19. The maximum atomic E-state index is 12.6. The Hall–Kier alpha value is -1.59. The quantitative estimate of drug-likeness (QED) is 0.783. The van der Waals surface area contributed by atoms with Crippen LogP contribution in [0, 0.1) is 0 Å². The van der Waals surface area contributed by atoms with Gasteiger partial charge in [-0.15, -0.1) is 0 Å². The van der Waals surface area contributed by atoms with Crippen molar-refractivity contribution in [1.29, 1.82) is 0 Å². The molecular formula is C10H11F3N2O. The number of hydrogen-bond donors (Lipinski definition) is 0. The van der Waals surface area contributed by atoms with Crippen LogP contribution in [0.2, 0.25) is 0 Å². The first-order valence-corrected chi connectivity index (χ1v) is 4.65. The Kier molecular flexibility index (Phi) is 3.51. The molecule has 1 aromatic rings. The Balaban J connectivity index is 3.19. The molecule has 1 heterocycles. The minimum atomic E-state index is -4.56. The third kappa shape index (κ3) is 2.50. The Morgan fingerprint density at radius 1 is 1.50 bits per heavy atom. The minimum Gasteiger partial charge on any atom is -0.341 e. The molecule has 0 N–H and O–H groups in total. The van der Waals surface area contributed by atoms with Crippen LogP contribution >= 0.6 is 0 Å². The smallest absolute Gasteiger partial charge is 0.341 e. The molecule has 0 atom stereocenters. The second kappa shape index (κ2) is 4.51. The van der Waals surface area contributed by atoms with Crippen molar-refractivity contribution >= 4 is 5.91 Å². The van der Waals surface area contributed by atoms with E-state index in [0.717, 1.165) is 12.1 Å². The fraction of sp³-hybridized carbons (Fsp3) is 0.400. The number of rotatable bonds is 2. The molecule has 0 fully saturated rings.